The van der Waals surface area contributed by atoms with Crippen molar-refractivity contribution in [3.8, 4) is 0 Å². The Labute approximate surface area is 156 Å². The third-order valence-corrected chi connectivity index (χ3v) is 6.61. The van der Waals surface area contributed by atoms with Crippen molar-refractivity contribution in [2.45, 2.75) is 66.7 Å². The molecule has 2 aromatic carbocycles. The minimum atomic E-state index is -0.0305. The summed E-state index contributed by atoms with van der Waals surface area (Å²) in [5.74, 6) is 0.162. The van der Waals surface area contributed by atoms with E-state index < -0.39 is 0 Å². The summed E-state index contributed by atoms with van der Waals surface area (Å²) < 4.78 is 14.8. The first-order valence-corrected chi connectivity index (χ1v) is 9.69. The van der Waals surface area contributed by atoms with Gasteiger partial charge in [-0.3, -0.25) is 4.90 Å². The summed E-state index contributed by atoms with van der Waals surface area (Å²) >= 11 is 0. The number of benzene rings is 2. The van der Waals surface area contributed by atoms with Crippen LogP contribution in [0.3, 0.4) is 0 Å². The van der Waals surface area contributed by atoms with E-state index in [2.05, 4.69) is 50.9 Å². The number of nitrogens with zero attached hydrogens (tertiary/aromatic N) is 1. The van der Waals surface area contributed by atoms with Gasteiger partial charge in [0.15, 0.2) is 0 Å². The van der Waals surface area contributed by atoms with Crippen LogP contribution in [0.4, 0.5) is 4.39 Å². The Hall–Kier alpha value is -1.71. The van der Waals surface area contributed by atoms with Crippen LogP contribution in [0.2, 0.25) is 0 Å². The van der Waals surface area contributed by atoms with Crippen molar-refractivity contribution >= 4 is 0 Å². The average Bonchev–Trinajstić information content (AvgIpc) is 3.19. The molecule has 0 aromatic heterocycles. The van der Waals surface area contributed by atoms with Crippen LogP contribution >= 0.6 is 0 Å². The molecule has 2 aliphatic rings. The highest BCUT2D eigenvalue weighted by atomic mass is 19.1. The summed E-state index contributed by atoms with van der Waals surface area (Å²) in [7, 11) is 0. The Balaban J connectivity index is 1.57. The van der Waals surface area contributed by atoms with E-state index in [1.807, 2.05) is 0 Å². The first-order chi connectivity index (χ1) is 12.4. The zero-order chi connectivity index (χ0) is 18.6. The average molecular weight is 352 g/mol. The second kappa shape index (κ2) is 6.47. The van der Waals surface area contributed by atoms with Crippen LogP contribution in [-0.2, 0) is 26.2 Å². The van der Waals surface area contributed by atoms with E-state index in [1.54, 1.807) is 6.07 Å². The zero-order valence-electron chi connectivity index (χ0n) is 16.6. The number of hydrogen-bond donors (Lipinski definition) is 1. The molecule has 0 bridgehead atoms. The van der Waals surface area contributed by atoms with Crippen LogP contribution in [-0.4, -0.2) is 11.4 Å². The molecule has 0 saturated carbocycles. The molecule has 2 heterocycles. The lowest BCUT2D eigenvalue weighted by atomic mass is 9.90. The Morgan fingerprint density at radius 2 is 1.73 bits per heavy atom. The summed E-state index contributed by atoms with van der Waals surface area (Å²) in [6.45, 7) is 15.5. The minimum absolute atomic E-state index is 0.0305. The van der Waals surface area contributed by atoms with Gasteiger partial charge in [-0.1, -0.05) is 13.0 Å². The molecule has 0 saturated heterocycles. The Bertz CT molecular complexity index is 885. The standard InChI is InChI=1S/C23H29FN2/c1-13-6-19-11-26(12-21(19)16(4)15(13)3)10-14(2)23-17(5)20-9-25-8-18(20)7-22(23)24/h6-7,14,25H,8-12H2,1-5H3. The molecule has 0 fully saturated rings. The normalized spacial score (nSPS) is 17.5. The monoisotopic (exact) mass is 352 g/mol. The van der Waals surface area contributed by atoms with Crippen molar-refractivity contribution in [3.05, 3.63) is 68.0 Å². The fourth-order valence-corrected chi connectivity index (χ4v) is 4.94. The maximum atomic E-state index is 14.8. The second-order valence-corrected chi connectivity index (χ2v) is 8.29. The van der Waals surface area contributed by atoms with E-state index >= 15 is 0 Å². The summed E-state index contributed by atoms with van der Waals surface area (Å²) in [6.07, 6.45) is 0. The molecule has 1 atom stereocenters. The predicted octanol–water partition coefficient (Wildman–Crippen LogP) is 4.78. The van der Waals surface area contributed by atoms with Gasteiger partial charge >= 0.3 is 0 Å². The van der Waals surface area contributed by atoms with Gasteiger partial charge in [0, 0.05) is 32.7 Å². The highest BCUT2D eigenvalue weighted by molar-refractivity contribution is 5.47. The third-order valence-electron chi connectivity index (χ3n) is 6.61. The third kappa shape index (κ3) is 2.78. The molecule has 3 heteroatoms. The topological polar surface area (TPSA) is 15.3 Å². The summed E-state index contributed by atoms with van der Waals surface area (Å²) in [4.78, 5) is 2.48. The van der Waals surface area contributed by atoms with Gasteiger partial charge in [-0.2, -0.15) is 0 Å². The number of rotatable bonds is 3. The fourth-order valence-electron chi connectivity index (χ4n) is 4.94. The molecule has 1 N–H and O–H groups in total. The number of aryl methyl sites for hydroxylation is 1. The number of nitrogens with one attached hydrogen (secondary N) is 1. The van der Waals surface area contributed by atoms with E-state index in [4.69, 9.17) is 0 Å². The summed E-state index contributed by atoms with van der Waals surface area (Å²) in [6, 6.07) is 4.10. The van der Waals surface area contributed by atoms with Crippen LogP contribution in [0.25, 0.3) is 0 Å². The van der Waals surface area contributed by atoms with Crippen LogP contribution < -0.4 is 5.32 Å². The number of halogens is 1. The highest BCUT2D eigenvalue weighted by Gasteiger charge is 2.27. The van der Waals surface area contributed by atoms with E-state index in [1.165, 1.54) is 33.4 Å². The minimum Gasteiger partial charge on any atom is -0.309 e. The van der Waals surface area contributed by atoms with Gasteiger partial charge in [0.05, 0.1) is 0 Å². The van der Waals surface area contributed by atoms with Gasteiger partial charge < -0.3 is 5.32 Å². The molecule has 1 unspecified atom stereocenters. The van der Waals surface area contributed by atoms with E-state index in [9.17, 15) is 4.39 Å². The van der Waals surface area contributed by atoms with Crippen molar-refractivity contribution in [1.29, 1.82) is 0 Å². The molecule has 2 aliphatic heterocycles. The van der Waals surface area contributed by atoms with Crippen molar-refractivity contribution < 1.29 is 4.39 Å². The largest absolute Gasteiger partial charge is 0.309 e. The number of fused-ring (bicyclic) bond motifs is 2. The Morgan fingerprint density at radius 1 is 0.962 bits per heavy atom. The van der Waals surface area contributed by atoms with Gasteiger partial charge in [-0.15, -0.1) is 0 Å². The molecule has 4 rings (SSSR count). The van der Waals surface area contributed by atoms with Crippen molar-refractivity contribution in [3.63, 3.8) is 0 Å². The highest BCUT2D eigenvalue weighted by Crippen LogP contribution is 2.34. The molecule has 0 spiro atoms. The van der Waals surface area contributed by atoms with Gasteiger partial charge in [-0.25, -0.2) is 4.39 Å². The van der Waals surface area contributed by atoms with Crippen LogP contribution in [0, 0.1) is 33.5 Å². The molecule has 0 amide bonds. The molecule has 2 aromatic rings. The van der Waals surface area contributed by atoms with Gasteiger partial charge in [-0.05, 0) is 89.8 Å². The van der Waals surface area contributed by atoms with E-state index in [0.29, 0.717) is 0 Å². The first-order valence-electron chi connectivity index (χ1n) is 9.69. The van der Waals surface area contributed by atoms with E-state index in [-0.39, 0.29) is 11.7 Å². The van der Waals surface area contributed by atoms with Gasteiger partial charge in [0.1, 0.15) is 5.82 Å². The molecule has 26 heavy (non-hydrogen) atoms. The van der Waals surface area contributed by atoms with Crippen LogP contribution in [0.5, 0.6) is 0 Å². The van der Waals surface area contributed by atoms with Crippen molar-refractivity contribution in [2.75, 3.05) is 6.54 Å². The van der Waals surface area contributed by atoms with Crippen LogP contribution in [0.15, 0.2) is 12.1 Å². The lowest BCUT2D eigenvalue weighted by molar-refractivity contribution is 0.267. The molecular weight excluding hydrogens is 323 g/mol. The van der Waals surface area contributed by atoms with Gasteiger partial charge in [0.2, 0.25) is 0 Å². The SMILES string of the molecule is Cc1cc2c(c(C)c1C)CN(CC(C)c1c(F)cc3c(c1C)CNC3)C2. The number of hydrogen-bond acceptors (Lipinski definition) is 2. The fraction of sp³-hybridized carbons (Fsp3) is 0.478. The molecule has 0 aliphatic carbocycles. The van der Waals surface area contributed by atoms with E-state index in [0.717, 1.165) is 49.4 Å². The molecule has 138 valence electrons. The molecule has 2 nitrogen and oxygen atoms in total. The molecule has 0 radical (unpaired) electrons. The second-order valence-electron chi connectivity index (χ2n) is 8.29. The van der Waals surface area contributed by atoms with Gasteiger partial charge in [0.25, 0.3) is 0 Å². The van der Waals surface area contributed by atoms with Crippen molar-refractivity contribution in [1.82, 2.24) is 10.2 Å². The first kappa shape index (κ1) is 17.7. The smallest absolute Gasteiger partial charge is 0.127 e. The maximum Gasteiger partial charge on any atom is 0.127 e. The summed E-state index contributed by atoms with van der Waals surface area (Å²) in [5, 5.41) is 3.35. The maximum absolute atomic E-state index is 14.8. The predicted molar refractivity (Wildman–Crippen MR) is 105 cm³/mol. The molecular formula is C23H29FN2. The van der Waals surface area contributed by atoms with Crippen molar-refractivity contribution in [2.24, 2.45) is 0 Å². The lowest BCUT2D eigenvalue weighted by Gasteiger charge is -2.23. The Kier molecular flexibility index (Phi) is 4.40. The zero-order valence-corrected chi connectivity index (χ0v) is 16.6. The quantitative estimate of drug-likeness (QED) is 0.855. The summed E-state index contributed by atoms with van der Waals surface area (Å²) in [5.41, 5.74) is 11.6. The Morgan fingerprint density at radius 3 is 2.50 bits per heavy atom. The van der Waals surface area contributed by atoms with Crippen LogP contribution in [0.1, 0.15) is 62.9 Å². The lowest BCUT2D eigenvalue weighted by Crippen LogP contribution is -2.23.